The molecule has 1 aromatic heterocycles. The lowest BCUT2D eigenvalue weighted by atomic mass is 9.96. The summed E-state index contributed by atoms with van der Waals surface area (Å²) in [5.41, 5.74) is 3.23. The second-order valence-corrected chi connectivity index (χ2v) is 6.28. The molecule has 0 spiro atoms. The van der Waals surface area contributed by atoms with Gasteiger partial charge in [0, 0.05) is 18.0 Å². The van der Waals surface area contributed by atoms with Crippen molar-refractivity contribution in [3.05, 3.63) is 65.7 Å². The fraction of sp³-hybridized carbons (Fsp3) is 0.300. The number of hydrogen-bond acceptors (Lipinski definition) is 4. The highest BCUT2D eigenvalue weighted by Gasteiger charge is 2.13. The van der Waals surface area contributed by atoms with Gasteiger partial charge in [-0.2, -0.15) is 4.80 Å². The van der Waals surface area contributed by atoms with Gasteiger partial charge in [0.15, 0.2) is 0 Å². The van der Waals surface area contributed by atoms with Crippen molar-refractivity contribution in [2.75, 3.05) is 6.54 Å². The zero-order chi connectivity index (χ0) is 18.4. The van der Waals surface area contributed by atoms with Crippen LogP contribution in [0, 0.1) is 6.92 Å². The van der Waals surface area contributed by atoms with Crippen molar-refractivity contribution in [3.63, 3.8) is 0 Å². The minimum absolute atomic E-state index is 0.0596. The fourth-order valence-electron chi connectivity index (χ4n) is 2.89. The molecule has 134 valence electrons. The first-order valence-electron chi connectivity index (χ1n) is 8.82. The Balaban J connectivity index is 1.58. The van der Waals surface area contributed by atoms with Crippen LogP contribution in [0.2, 0.25) is 0 Å². The van der Waals surface area contributed by atoms with E-state index >= 15 is 0 Å². The Morgan fingerprint density at radius 2 is 1.85 bits per heavy atom. The smallest absolute Gasteiger partial charge is 0.243 e. The van der Waals surface area contributed by atoms with Gasteiger partial charge in [-0.3, -0.25) is 4.79 Å². The average Bonchev–Trinajstić information content (AvgIpc) is 3.11. The number of hydrogen-bond donors (Lipinski definition) is 1. The summed E-state index contributed by atoms with van der Waals surface area (Å²) in [4.78, 5) is 13.6. The number of benzene rings is 2. The Morgan fingerprint density at radius 1 is 1.12 bits per heavy atom. The monoisotopic (exact) mass is 349 g/mol. The molecule has 0 fully saturated rings. The molecular weight excluding hydrogens is 326 g/mol. The summed E-state index contributed by atoms with van der Waals surface area (Å²) in [5, 5.41) is 15.3. The third-order valence-corrected chi connectivity index (χ3v) is 4.43. The molecular formula is C20H23N5O. The maximum atomic E-state index is 12.2. The van der Waals surface area contributed by atoms with Gasteiger partial charge in [0.25, 0.3) is 0 Å². The molecule has 1 N–H and O–H groups in total. The van der Waals surface area contributed by atoms with Crippen LogP contribution >= 0.6 is 0 Å². The zero-order valence-electron chi connectivity index (χ0n) is 15.1. The summed E-state index contributed by atoms with van der Waals surface area (Å²) in [6, 6.07) is 18.1. The number of tetrazole rings is 1. The van der Waals surface area contributed by atoms with Crippen LogP contribution in [0.15, 0.2) is 54.6 Å². The van der Waals surface area contributed by atoms with Gasteiger partial charge in [-0.15, -0.1) is 10.2 Å². The number of aryl methyl sites for hydroxylation is 1. The Hall–Kier alpha value is -3.02. The first kappa shape index (κ1) is 17.8. The second kappa shape index (κ2) is 8.38. The van der Waals surface area contributed by atoms with Gasteiger partial charge in [0.2, 0.25) is 11.7 Å². The molecule has 1 heterocycles. The Labute approximate surface area is 153 Å². The molecule has 0 radical (unpaired) electrons. The molecule has 0 unspecified atom stereocenters. The lowest BCUT2D eigenvalue weighted by molar-refractivity contribution is -0.122. The van der Waals surface area contributed by atoms with Crippen molar-refractivity contribution in [1.82, 2.24) is 25.5 Å². The topological polar surface area (TPSA) is 72.7 Å². The van der Waals surface area contributed by atoms with Gasteiger partial charge in [0.05, 0.1) is 0 Å². The number of carbonyl (C=O) groups excluding carboxylic acids is 1. The van der Waals surface area contributed by atoms with Gasteiger partial charge >= 0.3 is 0 Å². The molecule has 0 aliphatic carbocycles. The molecule has 0 saturated carbocycles. The lowest BCUT2D eigenvalue weighted by Crippen LogP contribution is -2.32. The van der Waals surface area contributed by atoms with Crippen molar-refractivity contribution in [2.24, 2.45) is 0 Å². The molecule has 3 aromatic rings. The molecule has 0 saturated heterocycles. The van der Waals surface area contributed by atoms with Gasteiger partial charge in [0.1, 0.15) is 6.54 Å². The average molecular weight is 349 g/mol. The van der Waals surface area contributed by atoms with E-state index in [4.69, 9.17) is 0 Å². The number of nitrogens with zero attached hydrogens (tertiary/aromatic N) is 4. The summed E-state index contributed by atoms with van der Waals surface area (Å²) in [6.07, 6.45) is 0.962. The molecule has 1 atom stereocenters. The number of nitrogens with one attached hydrogen (secondary N) is 1. The fourth-order valence-corrected chi connectivity index (χ4v) is 2.89. The predicted octanol–water partition coefficient (Wildman–Crippen LogP) is 2.96. The maximum Gasteiger partial charge on any atom is 0.243 e. The van der Waals surface area contributed by atoms with Gasteiger partial charge in [-0.1, -0.05) is 61.5 Å². The maximum absolute atomic E-state index is 12.2. The second-order valence-electron chi connectivity index (χ2n) is 6.28. The van der Waals surface area contributed by atoms with Crippen LogP contribution in [0.4, 0.5) is 0 Å². The van der Waals surface area contributed by atoms with Gasteiger partial charge in [-0.05, 0) is 29.7 Å². The van der Waals surface area contributed by atoms with E-state index in [2.05, 4.69) is 39.8 Å². The highest BCUT2D eigenvalue weighted by molar-refractivity contribution is 5.75. The summed E-state index contributed by atoms with van der Waals surface area (Å²) in [6.45, 7) is 4.78. The molecule has 3 rings (SSSR count). The highest BCUT2D eigenvalue weighted by Crippen LogP contribution is 2.18. The predicted molar refractivity (Wildman–Crippen MR) is 100 cm³/mol. The van der Waals surface area contributed by atoms with Gasteiger partial charge in [-0.25, -0.2) is 0 Å². The van der Waals surface area contributed by atoms with Crippen molar-refractivity contribution in [3.8, 4) is 11.4 Å². The first-order valence-corrected chi connectivity index (χ1v) is 8.82. The molecule has 6 heteroatoms. The largest absolute Gasteiger partial charge is 0.354 e. The summed E-state index contributed by atoms with van der Waals surface area (Å²) >= 11 is 0. The number of rotatable bonds is 7. The summed E-state index contributed by atoms with van der Waals surface area (Å²) < 4.78 is 0. The normalized spacial score (nSPS) is 11.9. The Bertz CT molecular complexity index is 859. The SMILES string of the molecule is CC[C@@H](CNC(=O)Cn1nnc(-c2ccccc2C)n1)c1ccccc1. The first-order chi connectivity index (χ1) is 12.7. The van der Waals surface area contributed by atoms with Crippen LogP contribution in [0.5, 0.6) is 0 Å². The standard InChI is InChI=1S/C20H23N5O/c1-3-16(17-10-5-4-6-11-17)13-21-19(26)14-25-23-20(22-24-25)18-12-8-7-9-15(18)2/h4-12,16H,3,13-14H2,1-2H3,(H,21,26)/t16-/m0/s1. The summed E-state index contributed by atoms with van der Waals surface area (Å²) in [5.74, 6) is 0.714. The van der Waals surface area contributed by atoms with Crippen LogP contribution in [0.3, 0.4) is 0 Å². The van der Waals surface area contributed by atoms with Crippen LogP contribution in [-0.4, -0.2) is 32.7 Å². The van der Waals surface area contributed by atoms with E-state index in [-0.39, 0.29) is 12.5 Å². The minimum atomic E-state index is -0.117. The number of carbonyl (C=O) groups is 1. The van der Waals surface area contributed by atoms with Crippen LogP contribution in [0.25, 0.3) is 11.4 Å². The third-order valence-electron chi connectivity index (χ3n) is 4.43. The van der Waals surface area contributed by atoms with Crippen molar-refractivity contribution in [2.45, 2.75) is 32.7 Å². The minimum Gasteiger partial charge on any atom is -0.354 e. The van der Waals surface area contributed by atoms with Crippen LogP contribution in [-0.2, 0) is 11.3 Å². The van der Waals surface area contributed by atoms with Crippen LogP contribution < -0.4 is 5.32 Å². The number of amides is 1. The molecule has 0 aliphatic rings. The molecule has 1 amide bonds. The quantitative estimate of drug-likeness (QED) is 0.712. The van der Waals surface area contributed by atoms with E-state index in [0.29, 0.717) is 18.3 Å². The van der Waals surface area contributed by atoms with Crippen molar-refractivity contribution in [1.29, 1.82) is 0 Å². The third kappa shape index (κ3) is 4.33. The van der Waals surface area contributed by atoms with Crippen LogP contribution in [0.1, 0.15) is 30.4 Å². The Morgan fingerprint density at radius 3 is 2.58 bits per heavy atom. The highest BCUT2D eigenvalue weighted by atomic mass is 16.2. The van der Waals surface area contributed by atoms with Gasteiger partial charge < -0.3 is 5.32 Å². The molecule has 0 bridgehead atoms. The zero-order valence-corrected chi connectivity index (χ0v) is 15.1. The van der Waals surface area contributed by atoms with E-state index in [9.17, 15) is 4.79 Å². The van der Waals surface area contributed by atoms with E-state index in [0.717, 1.165) is 17.5 Å². The molecule has 26 heavy (non-hydrogen) atoms. The van der Waals surface area contributed by atoms with Crippen molar-refractivity contribution >= 4 is 5.91 Å². The van der Waals surface area contributed by atoms with E-state index in [1.165, 1.54) is 10.4 Å². The Kier molecular flexibility index (Phi) is 5.73. The molecule has 6 nitrogen and oxygen atoms in total. The number of aromatic nitrogens is 4. The summed E-state index contributed by atoms with van der Waals surface area (Å²) in [7, 11) is 0. The lowest BCUT2D eigenvalue weighted by Gasteiger charge is -2.16. The molecule has 0 aliphatic heterocycles. The van der Waals surface area contributed by atoms with E-state index in [1.807, 2.05) is 49.4 Å². The van der Waals surface area contributed by atoms with Crippen molar-refractivity contribution < 1.29 is 4.79 Å². The molecule has 2 aromatic carbocycles. The van der Waals surface area contributed by atoms with E-state index in [1.54, 1.807) is 0 Å². The van der Waals surface area contributed by atoms with E-state index < -0.39 is 0 Å².